The predicted molar refractivity (Wildman–Crippen MR) is 105 cm³/mol. The van der Waals surface area contributed by atoms with Crippen LogP contribution in [0.1, 0.15) is 44.2 Å². The largest absolute Gasteiger partial charge is 0.421 e. The molecule has 0 amide bonds. The number of nitrogens with zero attached hydrogens (tertiary/aromatic N) is 1. The number of pyridine rings is 1. The molecular weight excluding hydrogens is 363 g/mol. The summed E-state index contributed by atoms with van der Waals surface area (Å²) >= 11 is 0. The molecule has 0 aliphatic carbocycles. The van der Waals surface area contributed by atoms with Crippen molar-refractivity contribution in [3.05, 3.63) is 78.0 Å². The molecule has 2 atom stereocenters. The Morgan fingerprint density at radius 1 is 0.929 bits per heavy atom. The number of aromatic nitrogens is 1. The van der Waals surface area contributed by atoms with E-state index in [1.54, 1.807) is 38.1 Å². The monoisotopic (exact) mass is 387 g/mol. The molecule has 5 heteroatoms. The van der Waals surface area contributed by atoms with Crippen LogP contribution in [0.25, 0.3) is 10.9 Å². The number of alkyl halides is 3. The molecule has 0 fully saturated rings. The smallest absolute Gasteiger partial charge is 0.376 e. The molecule has 2 nitrogen and oxygen atoms in total. The van der Waals surface area contributed by atoms with Gasteiger partial charge in [0.05, 0.1) is 5.52 Å². The molecule has 1 N–H and O–H groups in total. The van der Waals surface area contributed by atoms with Crippen LogP contribution >= 0.6 is 0 Å². The van der Waals surface area contributed by atoms with Crippen LogP contribution in [0.5, 0.6) is 0 Å². The Balaban J connectivity index is 2.10. The lowest BCUT2D eigenvalue weighted by Crippen LogP contribution is -2.46. The summed E-state index contributed by atoms with van der Waals surface area (Å²) in [6.07, 6.45) is -3.97. The van der Waals surface area contributed by atoms with Crippen LogP contribution in [0.3, 0.4) is 0 Å². The van der Waals surface area contributed by atoms with E-state index in [1.807, 2.05) is 37.3 Å². The van der Waals surface area contributed by atoms with E-state index in [-0.39, 0.29) is 11.5 Å². The minimum atomic E-state index is -4.83. The van der Waals surface area contributed by atoms with Gasteiger partial charge in [-0.1, -0.05) is 69.3 Å². The highest BCUT2D eigenvalue weighted by molar-refractivity contribution is 5.82. The standard InChI is InChI=1S/C23H24F3NO/c1-16(17-9-5-4-6-10-17)21(2,3)15-22(28,23(24,25)26)19-13-14-27-20-12-8-7-11-18(19)20/h4-14,16,28H,15H2,1-3H3. The second-order valence-electron chi connectivity index (χ2n) is 8.03. The molecule has 1 aromatic heterocycles. The Bertz CT molecular complexity index is 947. The molecule has 148 valence electrons. The summed E-state index contributed by atoms with van der Waals surface area (Å²) < 4.78 is 42.7. The molecule has 0 aliphatic heterocycles. The summed E-state index contributed by atoms with van der Waals surface area (Å²) in [5.41, 5.74) is -2.59. The average molecular weight is 387 g/mol. The van der Waals surface area contributed by atoms with Crippen molar-refractivity contribution in [3.8, 4) is 0 Å². The molecule has 0 saturated carbocycles. The third-order valence-electron chi connectivity index (χ3n) is 5.75. The van der Waals surface area contributed by atoms with Gasteiger partial charge in [0, 0.05) is 17.1 Å². The second kappa shape index (κ2) is 7.21. The Morgan fingerprint density at radius 2 is 1.54 bits per heavy atom. The third kappa shape index (κ3) is 3.63. The van der Waals surface area contributed by atoms with Gasteiger partial charge in [-0.25, -0.2) is 0 Å². The van der Waals surface area contributed by atoms with E-state index < -0.39 is 23.6 Å². The molecule has 0 spiro atoms. The van der Waals surface area contributed by atoms with E-state index in [4.69, 9.17) is 0 Å². The van der Waals surface area contributed by atoms with Crippen LogP contribution in [0, 0.1) is 5.41 Å². The maximum atomic E-state index is 14.2. The van der Waals surface area contributed by atoms with Crippen LogP contribution in [-0.4, -0.2) is 16.3 Å². The van der Waals surface area contributed by atoms with E-state index in [0.717, 1.165) is 5.56 Å². The van der Waals surface area contributed by atoms with E-state index >= 15 is 0 Å². The highest BCUT2D eigenvalue weighted by Crippen LogP contribution is 2.51. The summed E-state index contributed by atoms with van der Waals surface area (Å²) in [4.78, 5) is 4.14. The van der Waals surface area contributed by atoms with Crippen molar-refractivity contribution in [3.63, 3.8) is 0 Å². The molecule has 1 heterocycles. The van der Waals surface area contributed by atoms with Gasteiger partial charge in [0.1, 0.15) is 0 Å². The molecule has 0 saturated heterocycles. The van der Waals surface area contributed by atoms with Crippen LogP contribution in [-0.2, 0) is 5.60 Å². The Kier molecular flexibility index (Phi) is 5.24. The van der Waals surface area contributed by atoms with Crippen molar-refractivity contribution in [2.24, 2.45) is 5.41 Å². The van der Waals surface area contributed by atoms with Crippen LogP contribution in [0.2, 0.25) is 0 Å². The minimum Gasteiger partial charge on any atom is -0.376 e. The minimum absolute atomic E-state index is 0.154. The number of hydrogen-bond donors (Lipinski definition) is 1. The van der Waals surface area contributed by atoms with Crippen molar-refractivity contribution in [1.82, 2.24) is 4.98 Å². The number of benzene rings is 2. The molecule has 0 radical (unpaired) electrons. The third-order valence-corrected chi connectivity index (χ3v) is 5.75. The lowest BCUT2D eigenvalue weighted by atomic mass is 9.67. The zero-order chi connectivity index (χ0) is 20.6. The maximum absolute atomic E-state index is 14.2. The fourth-order valence-electron chi connectivity index (χ4n) is 3.81. The van der Waals surface area contributed by atoms with Crippen molar-refractivity contribution >= 4 is 10.9 Å². The lowest BCUT2D eigenvalue weighted by molar-refractivity contribution is -0.276. The van der Waals surface area contributed by atoms with E-state index in [1.165, 1.54) is 12.3 Å². The molecule has 3 rings (SSSR count). The Hall–Kier alpha value is -2.40. The zero-order valence-corrected chi connectivity index (χ0v) is 16.2. The maximum Gasteiger partial charge on any atom is 0.421 e. The lowest BCUT2D eigenvalue weighted by Gasteiger charge is -2.41. The number of halogens is 3. The highest BCUT2D eigenvalue weighted by Gasteiger charge is 2.58. The molecule has 3 aromatic rings. The van der Waals surface area contributed by atoms with Gasteiger partial charge in [-0.05, 0) is 35.4 Å². The molecule has 28 heavy (non-hydrogen) atoms. The Morgan fingerprint density at radius 3 is 2.18 bits per heavy atom. The fourth-order valence-corrected chi connectivity index (χ4v) is 3.81. The summed E-state index contributed by atoms with van der Waals surface area (Å²) in [6.45, 7) is 5.44. The van der Waals surface area contributed by atoms with Gasteiger partial charge < -0.3 is 5.11 Å². The normalized spacial score (nSPS) is 16.0. The van der Waals surface area contributed by atoms with Gasteiger partial charge in [-0.2, -0.15) is 13.2 Å². The van der Waals surface area contributed by atoms with E-state index in [0.29, 0.717) is 10.9 Å². The van der Waals surface area contributed by atoms with E-state index in [9.17, 15) is 18.3 Å². The van der Waals surface area contributed by atoms with Gasteiger partial charge in [-0.3, -0.25) is 4.98 Å². The molecule has 2 unspecified atom stereocenters. The van der Waals surface area contributed by atoms with Crippen LogP contribution in [0.15, 0.2) is 66.9 Å². The number of fused-ring (bicyclic) bond motifs is 1. The van der Waals surface area contributed by atoms with E-state index in [2.05, 4.69) is 4.98 Å². The second-order valence-corrected chi connectivity index (χ2v) is 8.03. The van der Waals surface area contributed by atoms with Gasteiger partial charge in [0.2, 0.25) is 0 Å². The zero-order valence-electron chi connectivity index (χ0n) is 16.2. The topological polar surface area (TPSA) is 33.1 Å². The number of rotatable bonds is 5. The van der Waals surface area contributed by atoms with Gasteiger partial charge >= 0.3 is 6.18 Å². The van der Waals surface area contributed by atoms with Gasteiger partial charge in [0.15, 0.2) is 5.60 Å². The molecular formula is C23H24F3NO. The van der Waals surface area contributed by atoms with Crippen molar-refractivity contribution < 1.29 is 18.3 Å². The van der Waals surface area contributed by atoms with Gasteiger partial charge in [0.25, 0.3) is 0 Å². The quantitative estimate of drug-likeness (QED) is 0.565. The molecule has 0 aliphatic rings. The first-order chi connectivity index (χ1) is 13.1. The van der Waals surface area contributed by atoms with Crippen LogP contribution in [0.4, 0.5) is 13.2 Å². The molecule has 2 aromatic carbocycles. The van der Waals surface area contributed by atoms with Crippen molar-refractivity contribution in [2.75, 3.05) is 0 Å². The first-order valence-corrected chi connectivity index (χ1v) is 9.24. The van der Waals surface area contributed by atoms with Crippen LogP contribution < -0.4 is 0 Å². The number of hydrogen-bond acceptors (Lipinski definition) is 2. The fraction of sp³-hybridized carbons (Fsp3) is 0.348. The first kappa shape index (κ1) is 20.3. The van der Waals surface area contributed by atoms with Crippen molar-refractivity contribution in [2.45, 2.75) is 44.9 Å². The summed E-state index contributed by atoms with van der Waals surface area (Å²) in [5.74, 6) is -0.185. The summed E-state index contributed by atoms with van der Waals surface area (Å²) in [7, 11) is 0. The average Bonchev–Trinajstić information content (AvgIpc) is 2.66. The van der Waals surface area contributed by atoms with Gasteiger partial charge in [-0.15, -0.1) is 0 Å². The number of aliphatic hydroxyl groups is 1. The highest BCUT2D eigenvalue weighted by atomic mass is 19.4. The summed E-state index contributed by atoms with van der Waals surface area (Å²) in [6, 6.07) is 17.3. The first-order valence-electron chi connectivity index (χ1n) is 9.24. The Labute approximate surface area is 163 Å². The number of para-hydroxylation sites is 1. The van der Waals surface area contributed by atoms with Crippen molar-refractivity contribution in [1.29, 1.82) is 0 Å². The molecule has 0 bridgehead atoms. The summed E-state index contributed by atoms with van der Waals surface area (Å²) in [5, 5.41) is 11.4. The SMILES string of the molecule is CC(c1ccccc1)C(C)(C)CC(O)(c1ccnc2ccccc12)C(F)(F)F. The predicted octanol–water partition coefficient (Wildman–Crippen LogP) is 6.20.